The zero-order chi connectivity index (χ0) is 20.5. The van der Waals surface area contributed by atoms with Gasteiger partial charge in [-0.05, 0) is 61.2 Å². The summed E-state index contributed by atoms with van der Waals surface area (Å²) in [7, 11) is 0. The highest BCUT2D eigenvalue weighted by Crippen LogP contribution is 2.27. The van der Waals surface area contributed by atoms with E-state index in [0.717, 1.165) is 16.5 Å². The van der Waals surface area contributed by atoms with Crippen LogP contribution in [0.3, 0.4) is 0 Å². The molecule has 29 heavy (non-hydrogen) atoms. The number of rotatable bonds is 5. The molecule has 2 N–H and O–H groups in total. The topological polar surface area (TPSA) is 65.2 Å². The predicted molar refractivity (Wildman–Crippen MR) is 112 cm³/mol. The first-order chi connectivity index (χ1) is 13.9. The van der Waals surface area contributed by atoms with Crippen molar-refractivity contribution in [3.8, 4) is 0 Å². The molecule has 1 aliphatic rings. The van der Waals surface area contributed by atoms with Gasteiger partial charge in [0.25, 0.3) is 0 Å². The van der Waals surface area contributed by atoms with Gasteiger partial charge in [0.15, 0.2) is 0 Å². The monoisotopic (exact) mass is 413 g/mol. The molecule has 0 saturated carbocycles. The fraction of sp³-hybridized carbons (Fsp3) is 0.273. The van der Waals surface area contributed by atoms with Crippen molar-refractivity contribution in [2.75, 3.05) is 18.0 Å². The number of halogens is 2. The van der Waals surface area contributed by atoms with E-state index in [-0.39, 0.29) is 17.6 Å². The number of nitrogens with zero attached hydrogens (tertiary/aromatic N) is 1. The number of aromatic amines is 1. The first-order valence-electron chi connectivity index (χ1n) is 9.55. The normalized spacial score (nSPS) is 16.6. The summed E-state index contributed by atoms with van der Waals surface area (Å²) in [4.78, 5) is 29.9. The Bertz CT molecular complexity index is 1090. The van der Waals surface area contributed by atoms with Crippen LogP contribution in [0.15, 0.2) is 42.6 Å². The molecule has 1 fully saturated rings. The zero-order valence-corrected chi connectivity index (χ0v) is 16.7. The molecule has 1 unspecified atom stereocenters. The number of aromatic nitrogens is 1. The lowest BCUT2D eigenvalue weighted by atomic mass is 10.1. The van der Waals surface area contributed by atoms with Crippen LogP contribution in [0, 0.1) is 18.7 Å². The second-order valence-corrected chi connectivity index (χ2v) is 7.75. The Morgan fingerprint density at radius 2 is 2.14 bits per heavy atom. The van der Waals surface area contributed by atoms with E-state index in [1.807, 2.05) is 24.4 Å². The summed E-state index contributed by atoms with van der Waals surface area (Å²) in [5.41, 5.74) is 3.05. The number of fused-ring (bicyclic) bond motifs is 1. The largest absolute Gasteiger partial charge is 0.361 e. The van der Waals surface area contributed by atoms with Crippen LogP contribution in [0.1, 0.15) is 17.5 Å². The molecule has 3 aromatic rings. The number of H-pyrrole nitrogens is 1. The van der Waals surface area contributed by atoms with E-state index in [1.54, 1.807) is 19.1 Å². The van der Waals surface area contributed by atoms with E-state index >= 15 is 0 Å². The number of hydrogen-bond acceptors (Lipinski definition) is 2. The minimum atomic E-state index is -0.739. The molecule has 0 spiro atoms. The fourth-order valence-electron chi connectivity index (χ4n) is 3.73. The van der Waals surface area contributed by atoms with Crippen molar-refractivity contribution in [3.63, 3.8) is 0 Å². The molecule has 1 atom stereocenters. The zero-order valence-electron chi connectivity index (χ0n) is 16.0. The van der Waals surface area contributed by atoms with Gasteiger partial charge in [0.2, 0.25) is 11.8 Å². The Labute approximate surface area is 172 Å². The predicted octanol–water partition coefficient (Wildman–Crippen LogP) is 3.98. The highest BCUT2D eigenvalue weighted by molar-refractivity contribution is 6.31. The summed E-state index contributed by atoms with van der Waals surface area (Å²) in [5.74, 6) is -1.67. The van der Waals surface area contributed by atoms with Gasteiger partial charge in [-0.1, -0.05) is 17.7 Å². The first-order valence-corrected chi connectivity index (χ1v) is 9.92. The second-order valence-electron chi connectivity index (χ2n) is 7.31. The van der Waals surface area contributed by atoms with Crippen molar-refractivity contribution in [1.29, 1.82) is 0 Å². The molecule has 1 aliphatic heterocycles. The van der Waals surface area contributed by atoms with Gasteiger partial charge in [-0.15, -0.1) is 0 Å². The highest BCUT2D eigenvalue weighted by atomic mass is 35.5. The molecule has 1 saturated heterocycles. The van der Waals surface area contributed by atoms with Gasteiger partial charge in [0, 0.05) is 40.9 Å². The Kier molecular flexibility index (Phi) is 5.28. The van der Waals surface area contributed by atoms with E-state index in [0.29, 0.717) is 42.2 Å². The number of carbonyl (C=O) groups is 2. The Hall–Kier alpha value is -2.86. The summed E-state index contributed by atoms with van der Waals surface area (Å²) in [5, 5.41) is 4.54. The van der Waals surface area contributed by atoms with Gasteiger partial charge in [0.1, 0.15) is 11.7 Å². The molecule has 0 radical (unpaired) electrons. The molecule has 0 bridgehead atoms. The quantitative estimate of drug-likeness (QED) is 0.621. The van der Waals surface area contributed by atoms with Crippen molar-refractivity contribution >= 4 is 40.0 Å². The van der Waals surface area contributed by atoms with E-state index in [9.17, 15) is 14.0 Å². The number of hydrogen-bond donors (Lipinski definition) is 2. The van der Waals surface area contributed by atoms with E-state index in [4.69, 9.17) is 11.6 Å². The van der Waals surface area contributed by atoms with E-state index < -0.39 is 5.92 Å². The van der Waals surface area contributed by atoms with Crippen LogP contribution >= 0.6 is 11.6 Å². The number of aryl methyl sites for hydroxylation is 1. The van der Waals surface area contributed by atoms with Crippen LogP contribution in [0.25, 0.3) is 10.9 Å². The maximum Gasteiger partial charge on any atom is 0.239 e. The minimum absolute atomic E-state index is 0.287. The SMILES string of the molecule is Cc1ccc(N2CCC(C(=O)NCCc3c[nH]c4ccc(Cl)cc34)C2=O)cc1F. The van der Waals surface area contributed by atoms with Gasteiger partial charge >= 0.3 is 0 Å². The number of amides is 2. The maximum atomic E-state index is 13.8. The summed E-state index contributed by atoms with van der Waals surface area (Å²) < 4.78 is 13.8. The third-order valence-corrected chi connectivity index (χ3v) is 5.65. The molecule has 7 heteroatoms. The summed E-state index contributed by atoms with van der Waals surface area (Å²) >= 11 is 6.07. The van der Waals surface area contributed by atoms with Gasteiger partial charge < -0.3 is 15.2 Å². The van der Waals surface area contributed by atoms with Crippen LogP contribution < -0.4 is 10.2 Å². The molecule has 4 rings (SSSR count). The van der Waals surface area contributed by atoms with Gasteiger partial charge in [-0.3, -0.25) is 9.59 Å². The Morgan fingerprint density at radius 3 is 2.93 bits per heavy atom. The number of nitrogens with one attached hydrogen (secondary N) is 2. The lowest BCUT2D eigenvalue weighted by Crippen LogP contribution is -2.37. The molecule has 2 amide bonds. The Balaban J connectivity index is 1.37. The fourth-order valence-corrected chi connectivity index (χ4v) is 3.90. The molecule has 0 aliphatic carbocycles. The first kappa shape index (κ1) is 19.5. The number of carbonyl (C=O) groups excluding carboxylic acids is 2. The number of anilines is 1. The van der Waals surface area contributed by atoms with Crippen molar-refractivity contribution in [2.45, 2.75) is 19.8 Å². The van der Waals surface area contributed by atoms with Crippen LogP contribution in [0.5, 0.6) is 0 Å². The van der Waals surface area contributed by atoms with Crippen molar-refractivity contribution in [3.05, 3.63) is 64.6 Å². The lowest BCUT2D eigenvalue weighted by Gasteiger charge is -2.17. The molecule has 150 valence electrons. The average Bonchev–Trinajstić information content (AvgIpc) is 3.27. The molecular formula is C22H21ClFN3O2. The third-order valence-electron chi connectivity index (χ3n) is 5.41. The van der Waals surface area contributed by atoms with Crippen molar-refractivity contribution in [1.82, 2.24) is 10.3 Å². The van der Waals surface area contributed by atoms with Crippen LogP contribution in [0.4, 0.5) is 10.1 Å². The lowest BCUT2D eigenvalue weighted by molar-refractivity contribution is -0.132. The van der Waals surface area contributed by atoms with Crippen LogP contribution in [-0.2, 0) is 16.0 Å². The number of benzene rings is 2. The van der Waals surface area contributed by atoms with Crippen molar-refractivity contribution < 1.29 is 14.0 Å². The molecule has 2 heterocycles. The summed E-state index contributed by atoms with van der Waals surface area (Å²) in [6.07, 6.45) is 2.95. The average molecular weight is 414 g/mol. The maximum absolute atomic E-state index is 13.8. The van der Waals surface area contributed by atoms with Crippen molar-refractivity contribution in [2.24, 2.45) is 5.92 Å². The smallest absolute Gasteiger partial charge is 0.239 e. The minimum Gasteiger partial charge on any atom is -0.361 e. The summed E-state index contributed by atoms with van der Waals surface area (Å²) in [6, 6.07) is 10.3. The third kappa shape index (κ3) is 3.85. The molecule has 2 aromatic carbocycles. The molecular weight excluding hydrogens is 393 g/mol. The highest BCUT2D eigenvalue weighted by Gasteiger charge is 2.37. The van der Waals surface area contributed by atoms with Crippen LogP contribution in [0.2, 0.25) is 5.02 Å². The standard InChI is InChI=1S/C22H21ClFN3O2/c1-13-2-4-16(11-19(13)24)27-9-7-17(22(27)29)21(28)25-8-6-14-12-26-20-5-3-15(23)10-18(14)20/h2-5,10-12,17,26H,6-9H2,1H3,(H,25,28). The van der Waals surface area contributed by atoms with Crippen LogP contribution in [-0.4, -0.2) is 29.9 Å². The Morgan fingerprint density at radius 1 is 1.31 bits per heavy atom. The second kappa shape index (κ2) is 7.87. The van der Waals surface area contributed by atoms with Gasteiger partial charge in [-0.2, -0.15) is 0 Å². The molecule has 5 nitrogen and oxygen atoms in total. The molecule has 1 aromatic heterocycles. The van der Waals surface area contributed by atoms with E-state index in [1.165, 1.54) is 11.0 Å². The van der Waals surface area contributed by atoms with Gasteiger partial charge in [-0.25, -0.2) is 4.39 Å². The van der Waals surface area contributed by atoms with E-state index in [2.05, 4.69) is 10.3 Å². The van der Waals surface area contributed by atoms with Gasteiger partial charge in [0.05, 0.1) is 0 Å². The summed E-state index contributed by atoms with van der Waals surface area (Å²) in [6.45, 7) is 2.49.